The Labute approximate surface area is 153 Å². The van der Waals surface area contributed by atoms with E-state index in [0.717, 1.165) is 23.3 Å². The normalized spacial score (nSPS) is 11.9. The van der Waals surface area contributed by atoms with Gasteiger partial charge in [-0.1, -0.05) is 54.6 Å². The van der Waals surface area contributed by atoms with Crippen molar-refractivity contribution in [2.24, 2.45) is 0 Å². The van der Waals surface area contributed by atoms with Crippen LogP contribution in [0.3, 0.4) is 0 Å². The lowest BCUT2D eigenvalue weighted by Crippen LogP contribution is -2.25. The maximum atomic E-state index is 12.4. The fourth-order valence-corrected chi connectivity index (χ4v) is 2.95. The summed E-state index contributed by atoms with van der Waals surface area (Å²) < 4.78 is 5.55. The lowest BCUT2D eigenvalue weighted by atomic mass is 9.93. The standard InChI is InChI=1S/C22H23NO3/c24-16-19-10-8-18(9-11-19)15-23-22(25)14-20(21-7-4-12-26-21)13-17-5-2-1-3-6-17/h1-12,20,24H,13-16H2,(H,23,25). The topological polar surface area (TPSA) is 62.5 Å². The van der Waals surface area contributed by atoms with Gasteiger partial charge in [-0.05, 0) is 35.2 Å². The first kappa shape index (κ1) is 18.0. The summed E-state index contributed by atoms with van der Waals surface area (Å²) in [4.78, 5) is 12.4. The number of carbonyl (C=O) groups excluding carboxylic acids is 1. The number of aliphatic hydroxyl groups is 1. The van der Waals surface area contributed by atoms with Gasteiger partial charge in [-0.25, -0.2) is 0 Å². The average Bonchev–Trinajstić information content (AvgIpc) is 3.22. The number of aliphatic hydroxyl groups excluding tert-OH is 1. The molecule has 1 heterocycles. The predicted octanol–water partition coefficient (Wildman–Crippen LogP) is 3.80. The Morgan fingerprint density at radius 2 is 1.65 bits per heavy atom. The summed E-state index contributed by atoms with van der Waals surface area (Å²) in [6.07, 6.45) is 2.78. The van der Waals surface area contributed by atoms with Gasteiger partial charge in [0.05, 0.1) is 12.9 Å². The predicted molar refractivity (Wildman–Crippen MR) is 100 cm³/mol. The van der Waals surface area contributed by atoms with Crippen LogP contribution >= 0.6 is 0 Å². The number of furan rings is 1. The van der Waals surface area contributed by atoms with Crippen molar-refractivity contribution < 1.29 is 14.3 Å². The summed E-state index contributed by atoms with van der Waals surface area (Å²) in [7, 11) is 0. The summed E-state index contributed by atoms with van der Waals surface area (Å²) in [5.74, 6) is 0.828. The van der Waals surface area contributed by atoms with Gasteiger partial charge in [-0.15, -0.1) is 0 Å². The molecule has 0 radical (unpaired) electrons. The summed E-state index contributed by atoms with van der Waals surface area (Å²) >= 11 is 0. The maximum absolute atomic E-state index is 12.4. The molecule has 0 saturated carbocycles. The van der Waals surface area contributed by atoms with Gasteiger partial charge in [0.2, 0.25) is 5.91 Å². The molecule has 0 spiro atoms. The minimum Gasteiger partial charge on any atom is -0.469 e. The highest BCUT2D eigenvalue weighted by Crippen LogP contribution is 2.25. The van der Waals surface area contributed by atoms with Crippen molar-refractivity contribution in [1.82, 2.24) is 5.32 Å². The molecule has 1 unspecified atom stereocenters. The first-order chi connectivity index (χ1) is 12.7. The molecule has 0 aliphatic heterocycles. The molecular weight excluding hydrogens is 326 g/mol. The molecule has 4 heteroatoms. The number of amides is 1. The Bertz CT molecular complexity index is 795. The minimum atomic E-state index is -0.00596. The van der Waals surface area contributed by atoms with Crippen LogP contribution in [0.4, 0.5) is 0 Å². The highest BCUT2D eigenvalue weighted by molar-refractivity contribution is 5.76. The van der Waals surface area contributed by atoms with Crippen molar-refractivity contribution in [3.05, 3.63) is 95.4 Å². The molecular formula is C22H23NO3. The van der Waals surface area contributed by atoms with Gasteiger partial charge in [0.25, 0.3) is 0 Å². The Kier molecular flexibility index (Phi) is 6.23. The molecule has 0 bridgehead atoms. The van der Waals surface area contributed by atoms with E-state index in [2.05, 4.69) is 17.4 Å². The lowest BCUT2D eigenvalue weighted by Gasteiger charge is -2.15. The highest BCUT2D eigenvalue weighted by Gasteiger charge is 2.19. The quantitative estimate of drug-likeness (QED) is 0.650. The Hall–Kier alpha value is -2.85. The van der Waals surface area contributed by atoms with Gasteiger partial charge in [0, 0.05) is 18.9 Å². The first-order valence-electron chi connectivity index (χ1n) is 8.77. The summed E-state index contributed by atoms with van der Waals surface area (Å²) in [5, 5.41) is 12.1. The molecule has 1 amide bonds. The summed E-state index contributed by atoms with van der Waals surface area (Å²) in [5.41, 5.74) is 3.05. The molecule has 4 nitrogen and oxygen atoms in total. The van der Waals surface area contributed by atoms with Crippen molar-refractivity contribution in [3.63, 3.8) is 0 Å². The SMILES string of the molecule is O=C(CC(Cc1ccccc1)c1ccco1)NCc1ccc(CO)cc1. The molecule has 3 rings (SSSR count). The summed E-state index contributed by atoms with van der Waals surface area (Å²) in [6.45, 7) is 0.498. The van der Waals surface area contributed by atoms with E-state index < -0.39 is 0 Å². The molecule has 1 atom stereocenters. The third-order valence-electron chi connectivity index (χ3n) is 4.40. The number of hydrogen-bond acceptors (Lipinski definition) is 3. The zero-order valence-electron chi connectivity index (χ0n) is 14.6. The van der Waals surface area contributed by atoms with Crippen LogP contribution in [-0.2, 0) is 24.4 Å². The Morgan fingerprint density at radius 3 is 2.31 bits per heavy atom. The second-order valence-electron chi connectivity index (χ2n) is 6.36. The molecule has 0 aliphatic rings. The van der Waals surface area contributed by atoms with E-state index in [9.17, 15) is 4.79 Å². The minimum absolute atomic E-state index is 0.00386. The number of carbonyl (C=O) groups is 1. The van der Waals surface area contributed by atoms with Crippen LogP contribution in [0.5, 0.6) is 0 Å². The zero-order valence-corrected chi connectivity index (χ0v) is 14.6. The largest absolute Gasteiger partial charge is 0.469 e. The second-order valence-corrected chi connectivity index (χ2v) is 6.36. The first-order valence-corrected chi connectivity index (χ1v) is 8.77. The van der Waals surface area contributed by atoms with Crippen molar-refractivity contribution in [3.8, 4) is 0 Å². The monoisotopic (exact) mass is 349 g/mol. The molecule has 3 aromatic rings. The van der Waals surface area contributed by atoms with Crippen molar-refractivity contribution in [2.75, 3.05) is 0 Å². The smallest absolute Gasteiger partial charge is 0.221 e. The summed E-state index contributed by atoms with van der Waals surface area (Å²) in [6, 6.07) is 21.5. The molecule has 2 aromatic carbocycles. The van der Waals surface area contributed by atoms with Gasteiger partial charge >= 0.3 is 0 Å². The maximum Gasteiger partial charge on any atom is 0.221 e. The van der Waals surface area contributed by atoms with Gasteiger partial charge in [0.1, 0.15) is 5.76 Å². The lowest BCUT2D eigenvalue weighted by molar-refractivity contribution is -0.121. The van der Waals surface area contributed by atoms with E-state index in [1.807, 2.05) is 54.6 Å². The number of hydrogen-bond donors (Lipinski definition) is 2. The molecule has 0 fully saturated rings. The fourth-order valence-electron chi connectivity index (χ4n) is 2.95. The zero-order chi connectivity index (χ0) is 18.2. The Balaban J connectivity index is 1.59. The van der Waals surface area contributed by atoms with E-state index in [0.29, 0.717) is 13.0 Å². The number of benzene rings is 2. The van der Waals surface area contributed by atoms with Gasteiger partial charge in [-0.3, -0.25) is 4.79 Å². The molecule has 134 valence electrons. The van der Waals surface area contributed by atoms with Gasteiger partial charge in [-0.2, -0.15) is 0 Å². The fraction of sp³-hybridized carbons (Fsp3) is 0.227. The van der Waals surface area contributed by atoms with Crippen molar-refractivity contribution in [1.29, 1.82) is 0 Å². The highest BCUT2D eigenvalue weighted by atomic mass is 16.3. The molecule has 0 saturated heterocycles. The third kappa shape index (κ3) is 5.07. The van der Waals surface area contributed by atoms with Gasteiger partial charge in [0.15, 0.2) is 0 Å². The van der Waals surface area contributed by atoms with Crippen LogP contribution < -0.4 is 5.32 Å². The molecule has 0 aliphatic carbocycles. The molecule has 2 N–H and O–H groups in total. The van der Waals surface area contributed by atoms with Gasteiger partial charge < -0.3 is 14.8 Å². The van der Waals surface area contributed by atoms with Crippen LogP contribution in [0.2, 0.25) is 0 Å². The molecule has 1 aromatic heterocycles. The van der Waals surface area contributed by atoms with Crippen LogP contribution in [0, 0.1) is 0 Å². The number of rotatable bonds is 8. The molecule has 26 heavy (non-hydrogen) atoms. The van der Waals surface area contributed by atoms with E-state index >= 15 is 0 Å². The van der Waals surface area contributed by atoms with E-state index in [-0.39, 0.29) is 18.4 Å². The van der Waals surface area contributed by atoms with E-state index in [1.165, 1.54) is 5.56 Å². The van der Waals surface area contributed by atoms with Crippen LogP contribution in [0.15, 0.2) is 77.4 Å². The average molecular weight is 349 g/mol. The second kappa shape index (κ2) is 9.02. The third-order valence-corrected chi connectivity index (χ3v) is 4.40. The van der Waals surface area contributed by atoms with Crippen molar-refractivity contribution in [2.45, 2.75) is 31.9 Å². The Morgan fingerprint density at radius 1 is 0.923 bits per heavy atom. The van der Waals surface area contributed by atoms with E-state index in [1.54, 1.807) is 6.26 Å². The van der Waals surface area contributed by atoms with Crippen LogP contribution in [-0.4, -0.2) is 11.0 Å². The van der Waals surface area contributed by atoms with E-state index in [4.69, 9.17) is 9.52 Å². The van der Waals surface area contributed by atoms with Crippen LogP contribution in [0.25, 0.3) is 0 Å². The van der Waals surface area contributed by atoms with Crippen molar-refractivity contribution >= 4 is 5.91 Å². The number of nitrogens with one attached hydrogen (secondary N) is 1. The van der Waals surface area contributed by atoms with Crippen LogP contribution in [0.1, 0.15) is 34.8 Å².